The summed E-state index contributed by atoms with van der Waals surface area (Å²) >= 11 is 0. The average molecular weight is 372 g/mol. The summed E-state index contributed by atoms with van der Waals surface area (Å²) in [5.41, 5.74) is 0.249. The van der Waals surface area contributed by atoms with Gasteiger partial charge >= 0.3 is 18.1 Å². The zero-order chi connectivity index (χ0) is 18.9. The molecule has 3 rings (SSSR count). The lowest BCUT2D eigenvalue weighted by atomic mass is 10.1. The lowest BCUT2D eigenvalue weighted by molar-refractivity contribution is -0.159. The maximum atomic E-state index is 14.2. The monoisotopic (exact) mass is 372 g/mol. The molecule has 0 unspecified atom stereocenters. The van der Waals surface area contributed by atoms with Crippen LogP contribution in [0.25, 0.3) is 11.4 Å². The van der Waals surface area contributed by atoms with Crippen LogP contribution in [0.3, 0.4) is 0 Å². The molecule has 26 heavy (non-hydrogen) atoms. The number of carbonyl (C=O) groups is 1. The number of amides is 2. The molecule has 1 aliphatic rings. The molecule has 140 valence electrons. The number of benzene rings is 1. The Bertz CT molecular complexity index is 802. The molecule has 1 N–H and O–H groups in total. The molecule has 2 amide bonds. The van der Waals surface area contributed by atoms with E-state index < -0.39 is 17.9 Å². The van der Waals surface area contributed by atoms with Gasteiger partial charge in [0.1, 0.15) is 5.82 Å². The summed E-state index contributed by atoms with van der Waals surface area (Å²) in [6.45, 7) is 2.40. The molecule has 2 aromatic rings. The Hall–Kier alpha value is -2.65. The Morgan fingerprint density at radius 3 is 2.65 bits per heavy atom. The second-order valence-electron chi connectivity index (χ2n) is 5.90. The average Bonchev–Trinajstić information content (AvgIpc) is 3.27. The van der Waals surface area contributed by atoms with E-state index in [4.69, 9.17) is 0 Å². The van der Waals surface area contributed by atoms with Crippen molar-refractivity contribution in [1.29, 1.82) is 0 Å². The van der Waals surface area contributed by atoms with Crippen molar-refractivity contribution in [3.05, 3.63) is 35.5 Å². The Labute approximate surface area is 146 Å². The SMILES string of the molecule is CCN(C(=O)NCc1ccc(-c2noc(C(F)(F)F)n2)cc1F)C1CC1. The van der Waals surface area contributed by atoms with E-state index in [0.717, 1.165) is 18.9 Å². The predicted octanol–water partition coefficient (Wildman–Crippen LogP) is 3.59. The van der Waals surface area contributed by atoms with Crippen molar-refractivity contribution in [2.45, 2.75) is 38.5 Å². The fourth-order valence-corrected chi connectivity index (χ4v) is 2.51. The molecule has 1 saturated carbocycles. The van der Waals surface area contributed by atoms with Gasteiger partial charge in [0.15, 0.2) is 0 Å². The van der Waals surface area contributed by atoms with Crippen LogP contribution in [0.15, 0.2) is 22.7 Å². The van der Waals surface area contributed by atoms with Crippen molar-refractivity contribution in [2.24, 2.45) is 0 Å². The van der Waals surface area contributed by atoms with E-state index in [9.17, 15) is 22.4 Å². The van der Waals surface area contributed by atoms with E-state index in [0.29, 0.717) is 6.54 Å². The Morgan fingerprint density at radius 2 is 2.12 bits per heavy atom. The fourth-order valence-electron chi connectivity index (χ4n) is 2.51. The fraction of sp³-hybridized carbons (Fsp3) is 0.438. The highest BCUT2D eigenvalue weighted by Crippen LogP contribution is 2.30. The summed E-state index contributed by atoms with van der Waals surface area (Å²) in [6, 6.07) is 3.71. The summed E-state index contributed by atoms with van der Waals surface area (Å²) in [6.07, 6.45) is -2.83. The molecule has 1 aromatic heterocycles. The van der Waals surface area contributed by atoms with Crippen LogP contribution in [0.1, 0.15) is 31.2 Å². The molecule has 0 atom stereocenters. The molecular formula is C16H16F4N4O2. The highest BCUT2D eigenvalue weighted by molar-refractivity contribution is 5.74. The van der Waals surface area contributed by atoms with Crippen molar-refractivity contribution in [1.82, 2.24) is 20.4 Å². The summed E-state index contributed by atoms with van der Waals surface area (Å²) in [5, 5.41) is 5.85. The lowest BCUT2D eigenvalue weighted by Crippen LogP contribution is -2.40. The molecule has 0 aliphatic heterocycles. The largest absolute Gasteiger partial charge is 0.471 e. The number of carbonyl (C=O) groups excluding carboxylic acids is 1. The van der Waals surface area contributed by atoms with Crippen molar-refractivity contribution >= 4 is 6.03 Å². The van der Waals surface area contributed by atoms with Gasteiger partial charge in [-0.15, -0.1) is 0 Å². The van der Waals surface area contributed by atoms with Gasteiger partial charge in [-0.25, -0.2) is 9.18 Å². The quantitative estimate of drug-likeness (QED) is 0.815. The summed E-state index contributed by atoms with van der Waals surface area (Å²) < 4.78 is 55.8. The third-order valence-corrected chi connectivity index (χ3v) is 4.00. The molecule has 1 aromatic carbocycles. The second kappa shape index (κ2) is 6.93. The zero-order valence-corrected chi connectivity index (χ0v) is 13.8. The Balaban J connectivity index is 1.67. The van der Waals surface area contributed by atoms with Gasteiger partial charge in [0.25, 0.3) is 0 Å². The smallest absolute Gasteiger partial charge is 0.334 e. The number of hydrogen-bond acceptors (Lipinski definition) is 4. The van der Waals surface area contributed by atoms with Crippen molar-refractivity contribution in [3.8, 4) is 11.4 Å². The van der Waals surface area contributed by atoms with Crippen LogP contribution >= 0.6 is 0 Å². The van der Waals surface area contributed by atoms with Gasteiger partial charge in [0.05, 0.1) is 0 Å². The van der Waals surface area contributed by atoms with E-state index in [1.807, 2.05) is 6.92 Å². The van der Waals surface area contributed by atoms with E-state index in [2.05, 4.69) is 20.0 Å². The first-order valence-electron chi connectivity index (χ1n) is 8.03. The summed E-state index contributed by atoms with van der Waals surface area (Å²) in [4.78, 5) is 17.0. The number of hydrogen-bond donors (Lipinski definition) is 1. The van der Waals surface area contributed by atoms with Gasteiger partial charge in [-0.3, -0.25) is 0 Å². The number of alkyl halides is 3. The molecular weight excluding hydrogens is 356 g/mol. The number of nitrogens with zero attached hydrogens (tertiary/aromatic N) is 3. The molecule has 1 aliphatic carbocycles. The molecule has 10 heteroatoms. The predicted molar refractivity (Wildman–Crippen MR) is 82.3 cm³/mol. The van der Waals surface area contributed by atoms with Gasteiger partial charge in [-0.05, 0) is 25.8 Å². The normalized spacial score (nSPS) is 14.3. The molecule has 0 saturated heterocycles. The van der Waals surface area contributed by atoms with Crippen LogP contribution in [0.4, 0.5) is 22.4 Å². The first kappa shape index (κ1) is 18.2. The molecule has 0 spiro atoms. The Kier molecular flexibility index (Phi) is 4.84. The van der Waals surface area contributed by atoms with Crippen molar-refractivity contribution < 1.29 is 26.9 Å². The third kappa shape index (κ3) is 3.94. The van der Waals surface area contributed by atoms with E-state index in [1.54, 1.807) is 4.90 Å². The molecule has 1 heterocycles. The highest BCUT2D eigenvalue weighted by Gasteiger charge is 2.38. The maximum absolute atomic E-state index is 14.2. The van der Waals surface area contributed by atoms with Crippen LogP contribution in [-0.4, -0.2) is 33.7 Å². The van der Waals surface area contributed by atoms with Gasteiger partial charge in [-0.2, -0.15) is 18.2 Å². The first-order chi connectivity index (χ1) is 12.3. The van der Waals surface area contributed by atoms with Gasteiger partial charge in [-0.1, -0.05) is 17.3 Å². The third-order valence-electron chi connectivity index (χ3n) is 4.00. The second-order valence-corrected chi connectivity index (χ2v) is 5.90. The zero-order valence-electron chi connectivity index (χ0n) is 13.8. The number of rotatable bonds is 5. The first-order valence-corrected chi connectivity index (χ1v) is 8.03. The molecule has 0 radical (unpaired) electrons. The van der Waals surface area contributed by atoms with Crippen LogP contribution in [0, 0.1) is 5.82 Å². The topological polar surface area (TPSA) is 71.3 Å². The number of urea groups is 1. The number of halogens is 4. The lowest BCUT2D eigenvalue weighted by Gasteiger charge is -2.21. The summed E-state index contributed by atoms with van der Waals surface area (Å²) in [5.74, 6) is -2.54. The van der Waals surface area contributed by atoms with Gasteiger partial charge in [0, 0.05) is 30.3 Å². The van der Waals surface area contributed by atoms with Crippen molar-refractivity contribution in [3.63, 3.8) is 0 Å². The summed E-state index contributed by atoms with van der Waals surface area (Å²) in [7, 11) is 0. The standard InChI is InChI=1S/C16H16F4N4O2/c1-2-24(11-5-6-11)15(25)21-8-10-4-3-9(7-12(10)17)13-22-14(26-23-13)16(18,19)20/h3-4,7,11H,2,5-6,8H2,1H3,(H,21,25). The van der Waals surface area contributed by atoms with Crippen LogP contribution < -0.4 is 5.32 Å². The number of nitrogens with one attached hydrogen (secondary N) is 1. The number of aromatic nitrogens is 2. The minimum absolute atomic E-state index is 0.0335. The van der Waals surface area contributed by atoms with Gasteiger partial charge in [0.2, 0.25) is 5.82 Å². The maximum Gasteiger partial charge on any atom is 0.471 e. The van der Waals surface area contributed by atoms with Crippen LogP contribution in [0.5, 0.6) is 0 Å². The van der Waals surface area contributed by atoms with Gasteiger partial charge < -0.3 is 14.7 Å². The minimum Gasteiger partial charge on any atom is -0.334 e. The highest BCUT2D eigenvalue weighted by atomic mass is 19.4. The molecule has 1 fully saturated rings. The van der Waals surface area contributed by atoms with E-state index in [1.165, 1.54) is 12.1 Å². The van der Waals surface area contributed by atoms with E-state index >= 15 is 0 Å². The molecule has 0 bridgehead atoms. The van der Waals surface area contributed by atoms with Crippen LogP contribution in [-0.2, 0) is 12.7 Å². The van der Waals surface area contributed by atoms with Crippen molar-refractivity contribution in [2.75, 3.05) is 6.54 Å². The minimum atomic E-state index is -4.76. The van der Waals surface area contributed by atoms with Crippen LogP contribution in [0.2, 0.25) is 0 Å². The Morgan fingerprint density at radius 1 is 1.38 bits per heavy atom. The van der Waals surface area contributed by atoms with E-state index in [-0.39, 0.29) is 35.6 Å². The molecule has 6 nitrogen and oxygen atoms in total.